The van der Waals surface area contributed by atoms with E-state index in [1.54, 1.807) is 21.3 Å². The fourth-order valence-electron chi connectivity index (χ4n) is 4.09. The maximum atomic E-state index is 12.6. The number of fused-ring (bicyclic) bond motifs is 1. The summed E-state index contributed by atoms with van der Waals surface area (Å²) in [4.78, 5) is 12.6. The number of benzene rings is 3. The lowest BCUT2D eigenvalue weighted by Gasteiger charge is -2.22. The van der Waals surface area contributed by atoms with Gasteiger partial charge in [-0.05, 0) is 54.3 Å². The summed E-state index contributed by atoms with van der Waals surface area (Å²) in [7, 11) is 4.83. The van der Waals surface area contributed by atoms with Gasteiger partial charge in [0.05, 0.1) is 26.0 Å². The van der Waals surface area contributed by atoms with Crippen LogP contribution >= 0.6 is 0 Å². The van der Waals surface area contributed by atoms with Crippen LogP contribution in [0.4, 0.5) is 10.5 Å². The van der Waals surface area contributed by atoms with Crippen molar-refractivity contribution in [2.45, 2.75) is 19.4 Å². The Morgan fingerprint density at radius 1 is 1.00 bits per heavy atom. The zero-order valence-electron chi connectivity index (χ0n) is 19.3. The molecule has 4 rings (SSSR count). The predicted octanol–water partition coefficient (Wildman–Crippen LogP) is 4.29. The quantitative estimate of drug-likeness (QED) is 0.588. The van der Waals surface area contributed by atoms with Crippen LogP contribution in [0.2, 0.25) is 0 Å². The number of nitrogens with zero attached hydrogens (tertiary/aromatic N) is 2. The van der Waals surface area contributed by atoms with Gasteiger partial charge in [-0.15, -0.1) is 0 Å². The summed E-state index contributed by atoms with van der Waals surface area (Å²) in [5.41, 5.74) is 12.3. The van der Waals surface area contributed by atoms with Crippen LogP contribution in [0.15, 0.2) is 65.8 Å². The van der Waals surface area contributed by atoms with Crippen LogP contribution in [0.1, 0.15) is 23.6 Å². The van der Waals surface area contributed by atoms with Gasteiger partial charge in [0, 0.05) is 23.9 Å². The van der Waals surface area contributed by atoms with Crippen LogP contribution in [0, 0.1) is 0 Å². The second kappa shape index (κ2) is 9.24. The first kappa shape index (κ1) is 22.2. The molecule has 2 amide bonds. The van der Waals surface area contributed by atoms with Crippen molar-refractivity contribution < 1.29 is 14.3 Å². The van der Waals surface area contributed by atoms with Crippen molar-refractivity contribution in [3.8, 4) is 22.6 Å². The van der Waals surface area contributed by atoms with E-state index in [0.29, 0.717) is 23.6 Å². The predicted molar refractivity (Wildman–Crippen MR) is 131 cm³/mol. The number of nitrogens with one attached hydrogen (secondary N) is 1. The van der Waals surface area contributed by atoms with Crippen LogP contribution in [0.25, 0.3) is 11.1 Å². The van der Waals surface area contributed by atoms with E-state index in [2.05, 4.69) is 5.32 Å². The topological polar surface area (TPSA) is 89.2 Å². The summed E-state index contributed by atoms with van der Waals surface area (Å²) < 4.78 is 11.1. The molecule has 3 N–H and O–H groups in total. The molecule has 0 saturated heterocycles. The summed E-state index contributed by atoms with van der Waals surface area (Å²) in [6, 6.07) is 19.3. The number of urea groups is 1. The van der Waals surface area contributed by atoms with Gasteiger partial charge in [-0.2, -0.15) is 5.10 Å². The number of ether oxygens (including phenoxy) is 2. The van der Waals surface area contributed by atoms with E-state index in [1.165, 1.54) is 5.01 Å². The highest BCUT2D eigenvalue weighted by Crippen LogP contribution is 2.35. The second-order valence-corrected chi connectivity index (χ2v) is 7.97. The third-order valence-electron chi connectivity index (χ3n) is 5.81. The first-order chi connectivity index (χ1) is 15.9. The molecule has 3 aromatic rings. The van der Waals surface area contributed by atoms with Crippen molar-refractivity contribution in [1.29, 1.82) is 0 Å². The van der Waals surface area contributed by atoms with Crippen molar-refractivity contribution in [3.05, 3.63) is 77.4 Å². The molecule has 1 aliphatic heterocycles. The molecule has 0 bridgehead atoms. The zero-order chi connectivity index (χ0) is 23.5. The summed E-state index contributed by atoms with van der Waals surface area (Å²) in [6.07, 6.45) is 0.623. The maximum Gasteiger partial charge on any atom is 0.337 e. The molecule has 0 aromatic heterocycles. The van der Waals surface area contributed by atoms with Crippen LogP contribution in [-0.2, 0) is 6.42 Å². The number of nitrogens with two attached hydrogens (primary N) is 1. The lowest BCUT2D eigenvalue weighted by atomic mass is 9.93. The molecule has 0 spiro atoms. The standard InChI is InChI=1S/C26H28N4O3/c1-16-12-20-14-23(32-3)24(33-4)15-22(20)25(29-30(16)26(31)28-2)18-10-8-17(9-11-18)19-6-5-7-21(27)13-19/h5-11,13-16H,12,27H2,1-4H3,(H,28,31). The van der Waals surface area contributed by atoms with Crippen LogP contribution < -0.4 is 20.5 Å². The number of hydrazone groups is 1. The molecule has 0 saturated carbocycles. The second-order valence-electron chi connectivity index (χ2n) is 7.97. The lowest BCUT2D eigenvalue weighted by molar-refractivity contribution is 0.184. The van der Waals surface area contributed by atoms with Crippen molar-refractivity contribution in [2.75, 3.05) is 27.0 Å². The summed E-state index contributed by atoms with van der Waals surface area (Å²) >= 11 is 0. The molecule has 1 heterocycles. The van der Waals surface area contributed by atoms with E-state index in [1.807, 2.05) is 67.6 Å². The fraction of sp³-hybridized carbons (Fsp3) is 0.231. The first-order valence-electron chi connectivity index (χ1n) is 10.8. The van der Waals surface area contributed by atoms with Gasteiger partial charge in [0.1, 0.15) is 0 Å². The summed E-state index contributed by atoms with van der Waals surface area (Å²) in [6.45, 7) is 1.98. The van der Waals surface area contributed by atoms with Gasteiger partial charge < -0.3 is 20.5 Å². The normalized spacial score (nSPS) is 15.2. The van der Waals surface area contributed by atoms with Crippen molar-refractivity contribution in [1.82, 2.24) is 10.3 Å². The number of hydrogen-bond acceptors (Lipinski definition) is 5. The van der Waals surface area contributed by atoms with Gasteiger partial charge in [-0.25, -0.2) is 9.80 Å². The molecule has 3 aromatic carbocycles. The molecule has 1 aliphatic rings. The highest BCUT2D eigenvalue weighted by atomic mass is 16.5. The Morgan fingerprint density at radius 2 is 1.67 bits per heavy atom. The molecule has 0 radical (unpaired) electrons. The van der Waals surface area contributed by atoms with Crippen LogP contribution in [0.5, 0.6) is 11.5 Å². The van der Waals surface area contributed by atoms with Gasteiger partial charge in [-0.1, -0.05) is 36.4 Å². The minimum absolute atomic E-state index is 0.147. The fourth-order valence-corrected chi connectivity index (χ4v) is 4.09. The van der Waals surface area contributed by atoms with E-state index in [-0.39, 0.29) is 12.1 Å². The monoisotopic (exact) mass is 444 g/mol. The minimum atomic E-state index is -0.261. The van der Waals surface area contributed by atoms with Crippen LogP contribution in [-0.4, -0.2) is 44.1 Å². The Hall–Kier alpha value is -4.00. The molecule has 7 heteroatoms. The van der Waals surface area contributed by atoms with Crippen molar-refractivity contribution >= 4 is 17.4 Å². The van der Waals surface area contributed by atoms with E-state index in [4.69, 9.17) is 20.3 Å². The van der Waals surface area contributed by atoms with Gasteiger partial charge in [0.25, 0.3) is 0 Å². The first-order valence-corrected chi connectivity index (χ1v) is 10.8. The number of rotatable bonds is 4. The maximum absolute atomic E-state index is 12.6. The van der Waals surface area contributed by atoms with E-state index >= 15 is 0 Å². The lowest BCUT2D eigenvalue weighted by Crippen LogP contribution is -2.41. The van der Waals surface area contributed by atoms with Gasteiger partial charge in [-0.3, -0.25) is 0 Å². The molecule has 0 aliphatic carbocycles. The zero-order valence-corrected chi connectivity index (χ0v) is 19.3. The Labute approximate surface area is 193 Å². The third-order valence-corrected chi connectivity index (χ3v) is 5.81. The Morgan fingerprint density at radius 3 is 2.30 bits per heavy atom. The number of anilines is 1. The Kier molecular flexibility index (Phi) is 6.22. The number of carbonyl (C=O) groups excluding carboxylic acids is 1. The molecular weight excluding hydrogens is 416 g/mol. The minimum Gasteiger partial charge on any atom is -0.493 e. The summed E-state index contributed by atoms with van der Waals surface area (Å²) in [5, 5.41) is 9.00. The number of methoxy groups -OCH3 is 2. The highest BCUT2D eigenvalue weighted by molar-refractivity contribution is 6.14. The number of nitrogen functional groups attached to an aromatic ring is 1. The molecule has 1 unspecified atom stereocenters. The summed E-state index contributed by atoms with van der Waals surface area (Å²) in [5.74, 6) is 1.26. The molecule has 7 nitrogen and oxygen atoms in total. The molecule has 1 atom stereocenters. The van der Waals surface area contributed by atoms with E-state index in [9.17, 15) is 4.79 Å². The molecular formula is C26H28N4O3. The van der Waals surface area contributed by atoms with Gasteiger partial charge in [0.2, 0.25) is 0 Å². The Bertz CT molecular complexity index is 1200. The average Bonchev–Trinajstić information content (AvgIpc) is 2.98. The van der Waals surface area contributed by atoms with Crippen molar-refractivity contribution in [2.24, 2.45) is 5.10 Å². The number of carbonyl (C=O) groups is 1. The largest absolute Gasteiger partial charge is 0.493 e. The average molecular weight is 445 g/mol. The van der Waals surface area contributed by atoms with Crippen LogP contribution in [0.3, 0.4) is 0 Å². The third kappa shape index (κ3) is 4.35. The smallest absolute Gasteiger partial charge is 0.337 e. The number of hydrogen-bond donors (Lipinski definition) is 2. The molecule has 170 valence electrons. The van der Waals surface area contributed by atoms with E-state index < -0.39 is 0 Å². The van der Waals surface area contributed by atoms with Gasteiger partial charge in [0.15, 0.2) is 11.5 Å². The number of amides is 2. The highest BCUT2D eigenvalue weighted by Gasteiger charge is 2.28. The van der Waals surface area contributed by atoms with Gasteiger partial charge >= 0.3 is 6.03 Å². The molecule has 0 fully saturated rings. The molecule has 33 heavy (non-hydrogen) atoms. The van der Waals surface area contributed by atoms with E-state index in [0.717, 1.165) is 33.5 Å². The van der Waals surface area contributed by atoms with Crippen molar-refractivity contribution in [3.63, 3.8) is 0 Å². The SMILES string of the molecule is CNC(=O)N1N=C(c2ccc(-c3cccc(N)c3)cc2)c2cc(OC)c(OC)cc2CC1C. The Balaban J connectivity index is 1.85.